The van der Waals surface area contributed by atoms with E-state index in [1.165, 1.54) is 5.56 Å². The molecule has 2 heterocycles. The van der Waals surface area contributed by atoms with Gasteiger partial charge < -0.3 is 24.4 Å². The lowest BCUT2D eigenvalue weighted by atomic mass is 10.1. The third kappa shape index (κ3) is 6.21. The molecule has 2 amide bonds. The van der Waals surface area contributed by atoms with Crippen LogP contribution in [0.15, 0.2) is 48.7 Å². The molecule has 2 aromatic rings. The van der Waals surface area contributed by atoms with Crippen molar-refractivity contribution in [3.63, 3.8) is 0 Å². The molecule has 7 heteroatoms. The molecule has 0 atom stereocenters. The fraction of sp³-hybridized carbons (Fsp3) is 0.429. The Morgan fingerprint density at radius 3 is 2.61 bits per heavy atom. The van der Waals surface area contributed by atoms with E-state index >= 15 is 0 Å². The highest BCUT2D eigenvalue weighted by molar-refractivity contribution is 5.89. The fourth-order valence-corrected chi connectivity index (χ4v) is 2.99. The molecule has 1 saturated heterocycles. The molecule has 0 unspecified atom stereocenters. The number of nitrogens with zero attached hydrogens (tertiary/aromatic N) is 2. The highest BCUT2D eigenvalue weighted by Crippen LogP contribution is 2.18. The van der Waals surface area contributed by atoms with E-state index in [1.807, 2.05) is 23.1 Å². The second kappa shape index (κ2) is 10.6. The summed E-state index contributed by atoms with van der Waals surface area (Å²) in [5.74, 6) is 0.506. The van der Waals surface area contributed by atoms with E-state index in [0.717, 1.165) is 12.8 Å². The molecule has 1 fully saturated rings. The number of hydrogen-bond acceptors (Lipinski definition) is 5. The van der Waals surface area contributed by atoms with Gasteiger partial charge in [0.2, 0.25) is 5.88 Å². The van der Waals surface area contributed by atoms with Crippen molar-refractivity contribution in [2.75, 3.05) is 38.7 Å². The second-order valence-electron chi connectivity index (χ2n) is 6.64. The first-order valence-corrected chi connectivity index (χ1v) is 9.54. The molecule has 3 rings (SSSR count). The number of ether oxygens (including phenoxy) is 3. The molecule has 0 radical (unpaired) electrons. The summed E-state index contributed by atoms with van der Waals surface area (Å²) in [6, 6.07) is 13.5. The number of urea groups is 1. The quantitative estimate of drug-likeness (QED) is 0.706. The zero-order chi connectivity index (χ0) is 19.6. The summed E-state index contributed by atoms with van der Waals surface area (Å²) >= 11 is 0. The Morgan fingerprint density at radius 2 is 1.93 bits per heavy atom. The van der Waals surface area contributed by atoms with Crippen LogP contribution in [0, 0.1) is 0 Å². The fourth-order valence-electron chi connectivity index (χ4n) is 2.99. The molecule has 1 aromatic carbocycles. The molecule has 1 N–H and O–H groups in total. The van der Waals surface area contributed by atoms with Crippen LogP contribution in [0.4, 0.5) is 10.5 Å². The van der Waals surface area contributed by atoms with Gasteiger partial charge >= 0.3 is 6.03 Å². The first kappa shape index (κ1) is 20.1. The minimum Gasteiger partial charge on any atom is -0.475 e. The van der Waals surface area contributed by atoms with Gasteiger partial charge in [0, 0.05) is 26.3 Å². The number of pyridine rings is 1. The normalized spacial score (nSPS) is 14.7. The SMILES string of the molecule is COCCOc1ccc(NC(=O)N2CCC(OCc3ccccc3)CC2)cn1. The average Bonchev–Trinajstić information content (AvgIpc) is 2.75. The molecule has 7 nitrogen and oxygen atoms in total. The van der Waals surface area contributed by atoms with Crippen LogP contribution < -0.4 is 10.1 Å². The van der Waals surface area contributed by atoms with E-state index in [4.69, 9.17) is 14.2 Å². The third-order valence-corrected chi connectivity index (χ3v) is 4.58. The van der Waals surface area contributed by atoms with Gasteiger partial charge in [0.05, 0.1) is 31.2 Å². The number of aromatic nitrogens is 1. The van der Waals surface area contributed by atoms with E-state index in [-0.39, 0.29) is 12.1 Å². The zero-order valence-electron chi connectivity index (χ0n) is 16.2. The van der Waals surface area contributed by atoms with Crippen LogP contribution in [0.2, 0.25) is 0 Å². The Balaban J connectivity index is 1.38. The van der Waals surface area contributed by atoms with Crippen molar-refractivity contribution < 1.29 is 19.0 Å². The molecular weight excluding hydrogens is 358 g/mol. The molecular formula is C21H27N3O4. The van der Waals surface area contributed by atoms with Crippen LogP contribution in [0.1, 0.15) is 18.4 Å². The standard InChI is InChI=1S/C21H27N3O4/c1-26-13-14-27-20-8-7-18(15-22-20)23-21(25)24-11-9-19(10-12-24)28-16-17-5-3-2-4-6-17/h2-8,15,19H,9-14,16H2,1H3,(H,23,25). The van der Waals surface area contributed by atoms with Crippen molar-refractivity contribution in [3.8, 4) is 5.88 Å². The van der Waals surface area contributed by atoms with Gasteiger partial charge in [-0.15, -0.1) is 0 Å². The van der Waals surface area contributed by atoms with Gasteiger partial charge in [-0.25, -0.2) is 9.78 Å². The van der Waals surface area contributed by atoms with Crippen molar-refractivity contribution in [2.24, 2.45) is 0 Å². The molecule has 0 spiro atoms. The van der Waals surface area contributed by atoms with Gasteiger partial charge in [0.1, 0.15) is 6.61 Å². The third-order valence-electron chi connectivity index (χ3n) is 4.58. The van der Waals surface area contributed by atoms with Crippen LogP contribution in [0.5, 0.6) is 5.88 Å². The molecule has 0 bridgehead atoms. The van der Waals surface area contributed by atoms with Crippen molar-refractivity contribution in [2.45, 2.75) is 25.6 Å². The highest BCUT2D eigenvalue weighted by Gasteiger charge is 2.23. The smallest absolute Gasteiger partial charge is 0.321 e. The van der Waals surface area contributed by atoms with E-state index in [1.54, 1.807) is 25.4 Å². The Morgan fingerprint density at radius 1 is 1.14 bits per heavy atom. The lowest BCUT2D eigenvalue weighted by Gasteiger charge is -2.32. The number of likely N-dealkylation sites (tertiary alicyclic amines) is 1. The minimum absolute atomic E-state index is 0.114. The number of benzene rings is 1. The maximum Gasteiger partial charge on any atom is 0.321 e. The number of rotatable bonds is 8. The lowest BCUT2D eigenvalue weighted by Crippen LogP contribution is -2.43. The van der Waals surface area contributed by atoms with Crippen molar-refractivity contribution in [3.05, 3.63) is 54.2 Å². The van der Waals surface area contributed by atoms with E-state index in [9.17, 15) is 4.79 Å². The Bertz CT molecular complexity index is 716. The molecule has 1 aliphatic heterocycles. The van der Waals surface area contributed by atoms with Crippen LogP contribution >= 0.6 is 0 Å². The summed E-state index contributed by atoms with van der Waals surface area (Å²) in [6.45, 7) is 2.91. The number of carbonyl (C=O) groups excluding carboxylic acids is 1. The summed E-state index contributed by atoms with van der Waals surface area (Å²) in [6.07, 6.45) is 3.46. The number of methoxy groups -OCH3 is 1. The lowest BCUT2D eigenvalue weighted by molar-refractivity contribution is 0.00540. The topological polar surface area (TPSA) is 72.9 Å². The van der Waals surface area contributed by atoms with E-state index in [0.29, 0.717) is 44.5 Å². The van der Waals surface area contributed by atoms with Gasteiger partial charge in [-0.05, 0) is 24.5 Å². The van der Waals surface area contributed by atoms with Crippen LogP contribution in [0.25, 0.3) is 0 Å². The Hall–Kier alpha value is -2.64. The van der Waals surface area contributed by atoms with Crippen molar-refractivity contribution >= 4 is 11.7 Å². The van der Waals surface area contributed by atoms with Gasteiger partial charge in [-0.1, -0.05) is 30.3 Å². The summed E-state index contributed by atoms with van der Waals surface area (Å²) in [5.41, 5.74) is 1.82. The van der Waals surface area contributed by atoms with Gasteiger partial charge in [-0.2, -0.15) is 0 Å². The minimum atomic E-state index is -0.114. The summed E-state index contributed by atoms with van der Waals surface area (Å²) in [7, 11) is 1.62. The van der Waals surface area contributed by atoms with Crippen LogP contribution in [-0.2, 0) is 16.1 Å². The van der Waals surface area contributed by atoms with Crippen molar-refractivity contribution in [1.82, 2.24) is 9.88 Å². The number of carbonyl (C=O) groups is 1. The first-order valence-electron chi connectivity index (χ1n) is 9.54. The number of amides is 2. The number of nitrogens with one attached hydrogen (secondary N) is 1. The van der Waals surface area contributed by atoms with Crippen molar-refractivity contribution in [1.29, 1.82) is 0 Å². The Labute approximate surface area is 165 Å². The molecule has 150 valence electrons. The zero-order valence-corrected chi connectivity index (χ0v) is 16.2. The summed E-state index contributed by atoms with van der Waals surface area (Å²) in [5, 5.41) is 2.88. The van der Waals surface area contributed by atoms with Gasteiger partial charge in [0.15, 0.2) is 0 Å². The number of piperidine rings is 1. The molecule has 28 heavy (non-hydrogen) atoms. The molecule has 0 saturated carbocycles. The number of anilines is 1. The molecule has 0 aliphatic carbocycles. The highest BCUT2D eigenvalue weighted by atomic mass is 16.5. The number of hydrogen-bond donors (Lipinski definition) is 1. The maximum absolute atomic E-state index is 12.4. The van der Waals surface area contributed by atoms with Gasteiger partial charge in [-0.3, -0.25) is 0 Å². The first-order chi connectivity index (χ1) is 13.7. The van der Waals surface area contributed by atoms with Crippen LogP contribution in [0.3, 0.4) is 0 Å². The summed E-state index contributed by atoms with van der Waals surface area (Å²) < 4.78 is 16.3. The largest absolute Gasteiger partial charge is 0.475 e. The monoisotopic (exact) mass is 385 g/mol. The molecule has 1 aliphatic rings. The average molecular weight is 385 g/mol. The maximum atomic E-state index is 12.4. The van der Waals surface area contributed by atoms with Gasteiger partial charge in [0.25, 0.3) is 0 Å². The molecule has 1 aromatic heterocycles. The second-order valence-corrected chi connectivity index (χ2v) is 6.64. The predicted molar refractivity (Wildman–Crippen MR) is 106 cm³/mol. The predicted octanol–water partition coefficient (Wildman–Crippen LogP) is 3.32. The van der Waals surface area contributed by atoms with E-state index in [2.05, 4.69) is 22.4 Å². The summed E-state index contributed by atoms with van der Waals surface area (Å²) in [4.78, 5) is 18.4. The van der Waals surface area contributed by atoms with E-state index < -0.39 is 0 Å². The Kier molecular flexibility index (Phi) is 7.63. The van der Waals surface area contributed by atoms with Crippen LogP contribution in [-0.4, -0.2) is 55.4 Å².